The molecule has 9 heteroatoms. The van der Waals surface area contributed by atoms with E-state index in [0.717, 1.165) is 26.0 Å². The Morgan fingerprint density at radius 3 is 2.66 bits per heavy atom. The summed E-state index contributed by atoms with van der Waals surface area (Å²) in [5, 5.41) is 10.8. The number of allylic oxidation sites excluding steroid dienone is 1. The number of nitrogens with zero attached hydrogens (tertiary/aromatic N) is 3. The van der Waals surface area contributed by atoms with Crippen LogP contribution < -0.4 is 5.73 Å². The zero-order valence-corrected chi connectivity index (χ0v) is 23.1. The summed E-state index contributed by atoms with van der Waals surface area (Å²) in [6.45, 7) is 9.24. The number of hydrogen-bond donors (Lipinski definition) is 1. The monoisotopic (exact) mass is 600 g/mol. The van der Waals surface area contributed by atoms with Gasteiger partial charge in [-0.3, -0.25) is 9.69 Å². The number of esters is 1. The van der Waals surface area contributed by atoms with Gasteiger partial charge in [-0.2, -0.15) is 5.26 Å². The molecule has 2 N–H and O–H groups in total. The lowest BCUT2D eigenvalue weighted by atomic mass is 9.81. The van der Waals surface area contributed by atoms with Gasteiger partial charge in [0.1, 0.15) is 10.8 Å². The second-order valence-electron chi connectivity index (χ2n) is 8.77. The first-order valence-electron chi connectivity index (χ1n) is 11.1. The van der Waals surface area contributed by atoms with E-state index in [0.29, 0.717) is 16.3 Å². The lowest BCUT2D eigenvalue weighted by Gasteiger charge is -2.35. The minimum absolute atomic E-state index is 0.0311. The van der Waals surface area contributed by atoms with E-state index in [4.69, 9.17) is 10.5 Å². The fourth-order valence-electron chi connectivity index (χ4n) is 4.39. The van der Waals surface area contributed by atoms with Gasteiger partial charge in [-0.05, 0) is 86.0 Å². The van der Waals surface area contributed by atoms with Gasteiger partial charge in [-0.25, -0.2) is 9.78 Å². The number of aryl methyl sites for hydroxylation is 1. The molecule has 0 radical (unpaired) electrons. The highest BCUT2D eigenvalue weighted by Gasteiger charge is 2.44. The number of pyridine rings is 1. The van der Waals surface area contributed by atoms with E-state index in [9.17, 15) is 14.9 Å². The van der Waals surface area contributed by atoms with E-state index in [1.165, 1.54) is 16.7 Å². The maximum absolute atomic E-state index is 14.0. The van der Waals surface area contributed by atoms with Gasteiger partial charge in [0.15, 0.2) is 0 Å². The van der Waals surface area contributed by atoms with Crippen LogP contribution in [0.15, 0.2) is 52.0 Å². The van der Waals surface area contributed by atoms with Crippen LogP contribution in [0.4, 0.5) is 0 Å². The van der Waals surface area contributed by atoms with Crippen LogP contribution in [0.1, 0.15) is 52.5 Å². The highest BCUT2D eigenvalue weighted by molar-refractivity contribution is 14.1. The largest absolute Gasteiger partial charge is 0.460 e. The van der Waals surface area contributed by atoms with Gasteiger partial charge in [0, 0.05) is 20.7 Å². The summed E-state index contributed by atoms with van der Waals surface area (Å²) in [5.41, 5.74) is 11.1. The molecule has 180 valence electrons. The van der Waals surface area contributed by atoms with Crippen LogP contribution in [0.5, 0.6) is 0 Å². The van der Waals surface area contributed by atoms with Crippen molar-refractivity contribution in [2.45, 2.75) is 51.7 Å². The van der Waals surface area contributed by atoms with Crippen LogP contribution in [0, 0.1) is 35.7 Å². The van der Waals surface area contributed by atoms with Crippen LogP contribution in [0.2, 0.25) is 0 Å². The second-order valence-corrected chi connectivity index (χ2v) is 11.0. The Morgan fingerprint density at radius 2 is 2.03 bits per heavy atom. The van der Waals surface area contributed by atoms with Crippen LogP contribution in [-0.2, 0) is 9.53 Å². The summed E-state index contributed by atoms with van der Waals surface area (Å²) in [4.78, 5) is 33.5. The molecule has 0 saturated heterocycles. The molecule has 4 rings (SSSR count). The lowest BCUT2D eigenvalue weighted by molar-refractivity contribution is -0.143. The van der Waals surface area contributed by atoms with Crippen molar-refractivity contribution < 1.29 is 14.3 Å². The van der Waals surface area contributed by atoms with Crippen molar-refractivity contribution in [2.75, 3.05) is 5.75 Å². The summed E-state index contributed by atoms with van der Waals surface area (Å²) in [5.74, 6) is -1.41. The molecule has 1 aromatic carbocycles. The third-order valence-corrected chi connectivity index (χ3v) is 7.92. The number of carbonyl (C=O) groups is 2. The van der Waals surface area contributed by atoms with Crippen LogP contribution in [0.3, 0.4) is 0 Å². The molecule has 1 atom stereocenters. The van der Waals surface area contributed by atoms with E-state index < -0.39 is 17.8 Å². The summed E-state index contributed by atoms with van der Waals surface area (Å²) in [6, 6.07) is 9.75. The van der Waals surface area contributed by atoms with E-state index in [-0.39, 0.29) is 28.8 Å². The Bertz CT molecular complexity index is 1370. The number of hydrogen-bond acceptors (Lipinski definition) is 7. The van der Waals surface area contributed by atoms with Crippen molar-refractivity contribution in [3.63, 3.8) is 0 Å². The van der Waals surface area contributed by atoms with Gasteiger partial charge >= 0.3 is 5.97 Å². The standard InChI is InChI=1S/C26H25IN4O3S/c1-12(2)34-26(33)22-19-11-35-24-20(14(4)13(3)15(5)30-24)25(32)31(19)23(29)18(10-28)21(22)16-7-6-8-17(27)9-16/h6-9,12,21H,11,29H2,1-5H3. The van der Waals surface area contributed by atoms with E-state index in [1.54, 1.807) is 13.8 Å². The van der Waals surface area contributed by atoms with Crippen molar-refractivity contribution in [1.82, 2.24) is 9.88 Å². The molecular weight excluding hydrogens is 575 g/mol. The zero-order chi connectivity index (χ0) is 25.6. The number of ether oxygens (including phenoxy) is 1. The Morgan fingerprint density at radius 1 is 1.31 bits per heavy atom. The summed E-state index contributed by atoms with van der Waals surface area (Å²) < 4.78 is 6.58. The Balaban J connectivity index is 2.03. The van der Waals surface area contributed by atoms with Crippen LogP contribution in [-0.4, -0.2) is 33.6 Å². The molecule has 0 aliphatic carbocycles. The van der Waals surface area contributed by atoms with Gasteiger partial charge in [0.25, 0.3) is 5.91 Å². The van der Waals surface area contributed by atoms with E-state index in [2.05, 4.69) is 33.6 Å². The van der Waals surface area contributed by atoms with Crippen molar-refractivity contribution in [2.24, 2.45) is 5.73 Å². The van der Waals surface area contributed by atoms with Crippen LogP contribution in [0.25, 0.3) is 0 Å². The molecular formula is C26H25IN4O3S. The highest BCUT2D eigenvalue weighted by atomic mass is 127. The number of amides is 1. The number of halogens is 1. The predicted octanol–water partition coefficient (Wildman–Crippen LogP) is 4.86. The normalized spacial score (nSPS) is 17.7. The van der Waals surface area contributed by atoms with Crippen molar-refractivity contribution in [3.8, 4) is 6.07 Å². The molecule has 2 aliphatic heterocycles. The lowest BCUT2D eigenvalue weighted by Crippen LogP contribution is -2.41. The Kier molecular flexibility index (Phi) is 6.97. The summed E-state index contributed by atoms with van der Waals surface area (Å²) in [6.07, 6.45) is -0.380. The van der Waals surface area contributed by atoms with Gasteiger partial charge < -0.3 is 10.5 Å². The van der Waals surface area contributed by atoms with Crippen molar-refractivity contribution in [3.05, 3.63) is 78.4 Å². The number of thioether (sulfide) groups is 1. The molecule has 1 unspecified atom stereocenters. The maximum atomic E-state index is 14.0. The Hall–Kier alpha value is -2.84. The van der Waals surface area contributed by atoms with Gasteiger partial charge in [-0.15, -0.1) is 0 Å². The molecule has 7 nitrogen and oxygen atoms in total. The van der Waals surface area contributed by atoms with E-state index in [1.807, 2.05) is 45.0 Å². The summed E-state index contributed by atoms with van der Waals surface area (Å²) >= 11 is 3.57. The van der Waals surface area contributed by atoms with E-state index >= 15 is 0 Å². The molecule has 1 aromatic heterocycles. The zero-order valence-electron chi connectivity index (χ0n) is 20.1. The molecule has 2 aliphatic rings. The van der Waals surface area contributed by atoms with Crippen molar-refractivity contribution >= 4 is 46.2 Å². The average molecular weight is 600 g/mol. The average Bonchev–Trinajstić information content (AvgIpc) is 2.93. The topological polar surface area (TPSA) is 109 Å². The first-order valence-corrected chi connectivity index (χ1v) is 13.2. The van der Waals surface area contributed by atoms with Gasteiger partial charge in [0.05, 0.1) is 34.8 Å². The first kappa shape index (κ1) is 25.3. The van der Waals surface area contributed by atoms with Gasteiger partial charge in [-0.1, -0.05) is 23.9 Å². The summed E-state index contributed by atoms with van der Waals surface area (Å²) in [7, 11) is 0. The number of aromatic nitrogens is 1. The number of nitriles is 1. The number of benzene rings is 1. The number of fused-ring (bicyclic) bond motifs is 2. The fourth-order valence-corrected chi connectivity index (χ4v) is 6.10. The molecule has 35 heavy (non-hydrogen) atoms. The minimum atomic E-state index is -0.751. The number of carbonyl (C=O) groups excluding carboxylic acids is 2. The fraction of sp³-hybridized carbons (Fsp3) is 0.308. The van der Waals surface area contributed by atoms with Crippen LogP contribution >= 0.6 is 34.4 Å². The third kappa shape index (κ3) is 4.34. The molecule has 3 heterocycles. The molecule has 0 bridgehead atoms. The molecule has 1 amide bonds. The third-order valence-electron chi connectivity index (χ3n) is 6.27. The maximum Gasteiger partial charge on any atom is 0.337 e. The SMILES string of the molecule is Cc1nc2c(c(C)c1C)C(=O)N1C(N)=C(C#N)C(c3cccc(I)c3)C(C(=O)OC(C)C)=C1CS2. The molecule has 0 spiro atoms. The predicted molar refractivity (Wildman–Crippen MR) is 142 cm³/mol. The van der Waals surface area contributed by atoms with Crippen molar-refractivity contribution in [1.29, 1.82) is 5.26 Å². The number of rotatable bonds is 3. The Labute approximate surface area is 222 Å². The first-order chi connectivity index (χ1) is 16.6. The molecule has 0 saturated carbocycles. The second kappa shape index (κ2) is 9.66. The quantitative estimate of drug-likeness (QED) is 0.396. The highest BCUT2D eigenvalue weighted by Crippen LogP contribution is 2.45. The smallest absolute Gasteiger partial charge is 0.337 e. The number of nitrogens with two attached hydrogens (primary N) is 1. The van der Waals surface area contributed by atoms with Gasteiger partial charge in [0.2, 0.25) is 0 Å². The molecule has 2 aromatic rings. The molecule has 0 fully saturated rings. The minimum Gasteiger partial charge on any atom is -0.460 e.